The first kappa shape index (κ1) is 7.81. The predicted octanol–water partition coefficient (Wildman–Crippen LogP) is -7.26. The van der Waals surface area contributed by atoms with E-state index in [4.69, 9.17) is 63.5 Å². The predicted molar refractivity (Wildman–Crippen MR) is 59.6 cm³/mol. The topological polar surface area (TPSA) is 429 Å². The van der Waals surface area contributed by atoms with E-state index in [1.165, 1.54) is 0 Å². The smallest absolute Gasteiger partial charge is 0.759 e. The molecule has 0 heterocycles. The molecule has 0 unspecified atom stereocenters. The fourth-order valence-corrected chi connectivity index (χ4v) is 0. The number of quaternary nitrogens is 2. The minimum absolute atomic E-state index is 0. The van der Waals surface area contributed by atoms with E-state index in [0.29, 0.717) is 0 Å². The van der Waals surface area contributed by atoms with E-state index in [1.807, 2.05) is 21.9 Å². The number of hydrogen-bond acceptors (Lipinski definition) is 8. The monoisotopic (exact) mass is 423 g/mol. The van der Waals surface area contributed by atoms with Gasteiger partial charge in [-0.2, -0.15) is 0 Å². The Morgan fingerprint density at radius 1 is 0.895 bits per heavy atom. The van der Waals surface area contributed by atoms with Gasteiger partial charge in [-0.3, -0.25) is 16.8 Å². The van der Waals surface area contributed by atoms with Crippen LogP contribution in [-0.4, -0.2) is 63.2 Å². The average molecular weight is 424 g/mol. The first-order valence-corrected chi connectivity index (χ1v) is 4.00. The maximum Gasteiger partial charge on any atom is 2.00 e. The van der Waals surface area contributed by atoms with Gasteiger partial charge in [0.15, 0.2) is 0 Å². The molecule has 0 aromatic carbocycles. The molecule has 0 aliphatic rings. The molecule has 0 amide bonds. The summed E-state index contributed by atoms with van der Waals surface area (Å²) in [6.07, 6.45) is -4.00. The zero-order valence-electron chi connectivity index (χ0n) is 27.9. The SMILES string of the molecule is O=S(=O)([O-])[O-].O=S(=O)([O-])[O-].[2H]O[2H].[2H]O[2H].[2H][N+]([2H])([2H])[2H].[2H][N+]([2H])([2H])[2H].[2H][OH+][2H].[2H][OH+][2H].[2H][OH+][2H].[2H][OH+][2H].[Cu+2]. The summed E-state index contributed by atoms with van der Waals surface area (Å²) in [5, 5.41) is 0. The zero-order chi connectivity index (χ0) is 34.2. The van der Waals surface area contributed by atoms with Gasteiger partial charge in [0.25, 0.3) is 0 Å². The van der Waals surface area contributed by atoms with Crippen molar-refractivity contribution < 1.29 is 96.3 Å². The molecule has 1 radical (unpaired) electrons. The van der Waals surface area contributed by atoms with Gasteiger partial charge in [0, 0.05) is 20.8 Å². The van der Waals surface area contributed by atoms with Crippen LogP contribution in [0.15, 0.2) is 0 Å². The fourth-order valence-electron chi connectivity index (χ4n) is 0. The van der Waals surface area contributed by atoms with Crippen LogP contribution in [-0.2, 0) is 59.8 Å². The Labute approximate surface area is 148 Å². The minimum Gasteiger partial charge on any atom is -0.759 e. The van der Waals surface area contributed by atoms with Crippen LogP contribution < -0.4 is 12.2 Å². The van der Waals surface area contributed by atoms with Gasteiger partial charge < -0.3 is 63.3 Å². The van der Waals surface area contributed by atoms with E-state index in [9.17, 15) is 0 Å². The van der Waals surface area contributed by atoms with E-state index in [-0.39, 0.29) is 17.1 Å². The van der Waals surface area contributed by atoms with E-state index >= 15 is 0 Å². The second-order valence-corrected chi connectivity index (χ2v) is 2.45. The third kappa shape index (κ3) is 1240000. The molecule has 24 N–H and O–H groups in total. The summed E-state index contributed by atoms with van der Waals surface area (Å²) < 4.78 is 181. The van der Waals surface area contributed by atoms with E-state index in [0.717, 1.165) is 0 Å². The Bertz CT molecular complexity index is 442. The quantitative estimate of drug-likeness (QED) is 0.162. The third-order valence-electron chi connectivity index (χ3n) is 0. The van der Waals surface area contributed by atoms with Crippen LogP contribution in [0.1, 0.15) is 0 Å². The molecule has 0 saturated carbocycles. The fraction of sp³-hybridized carbons (Fsp3) is 0. The molecule has 0 rings (SSSR count). The maximum absolute atomic E-state index is 8.52. The summed E-state index contributed by atoms with van der Waals surface area (Å²) in [5.41, 5.74) is 13.5. The van der Waals surface area contributed by atoms with Gasteiger partial charge in [-0.15, -0.1) is 0 Å². The molecule has 19 heavy (non-hydrogen) atoms. The van der Waals surface area contributed by atoms with Crippen LogP contribution >= 0.6 is 0 Å². The third-order valence-corrected chi connectivity index (χ3v) is 0. The van der Waals surface area contributed by atoms with Crippen LogP contribution in [0.25, 0.3) is 0 Å². The molecule has 0 aromatic rings. The summed E-state index contributed by atoms with van der Waals surface area (Å²) in [4.78, 5) is 0. The van der Waals surface area contributed by atoms with Gasteiger partial charge in [-0.25, -0.2) is 0 Å². The van der Waals surface area contributed by atoms with Gasteiger partial charge in [-0.05, 0) is 0 Å². The molecule has 137 valence electrons. The molecule has 19 heteroatoms. The van der Waals surface area contributed by atoms with Gasteiger partial charge in [0.1, 0.15) is 0 Å². The Hall–Kier alpha value is -0.0605. The second-order valence-electron chi connectivity index (χ2n) is 0.816. The Morgan fingerprint density at radius 3 is 0.895 bits per heavy atom. The Kier molecular flexibility index (Phi) is 14.8. The van der Waals surface area contributed by atoms with Crippen molar-refractivity contribution in [3.8, 4) is 0 Å². The molecule has 0 aliphatic heterocycles. The van der Waals surface area contributed by atoms with Crippen molar-refractivity contribution >= 4 is 20.8 Å². The molecule has 0 bridgehead atoms. The molecule has 0 atom stereocenters. The van der Waals surface area contributed by atoms with Crippen LogP contribution in [0, 0.1) is 0 Å². The molecule has 0 aliphatic carbocycles. The van der Waals surface area contributed by atoms with Crippen molar-refractivity contribution in [2.75, 3.05) is 0 Å². The summed E-state index contributed by atoms with van der Waals surface area (Å²) in [6, 6.07) is 0. The molecular formula is H24CuN2O14S2+4. The molecular weight excluding hydrogens is 380 g/mol. The van der Waals surface area contributed by atoms with Crippen LogP contribution in [0.2, 0.25) is 11.3 Å². The standard InChI is InChI=1S/Cu.2H3N.2H2O4S.6H2O/c;;;2*1-5(2,3)4;;;;;;/h;2*1H3;2*(H2,1,2,3,4);6*1H2/q+2;;;;;;;;;;/p+2/i/hD20. The summed E-state index contributed by atoms with van der Waals surface area (Å²) in [7, 11) is -10.3. The number of rotatable bonds is 0. The number of hydrogen-bond donors (Lipinski definition) is 2. The Balaban J connectivity index is -0.0000000250. The van der Waals surface area contributed by atoms with Crippen molar-refractivity contribution in [3.63, 3.8) is 0 Å². The summed E-state index contributed by atoms with van der Waals surface area (Å²) in [5.74, 6) is 0. The van der Waals surface area contributed by atoms with Gasteiger partial charge in [0.05, 0.1) is 0 Å². The van der Waals surface area contributed by atoms with Crippen molar-refractivity contribution in [3.05, 3.63) is 0 Å². The van der Waals surface area contributed by atoms with Crippen molar-refractivity contribution in [1.82, 2.24) is 12.2 Å². The molecule has 0 spiro atoms. The van der Waals surface area contributed by atoms with Crippen molar-refractivity contribution in [2.24, 2.45) is 0 Å². The first-order valence-electron chi connectivity index (χ1n) is 10.1. The largest absolute Gasteiger partial charge is 2.00 e. The second kappa shape index (κ2) is 36.1. The summed E-state index contributed by atoms with van der Waals surface area (Å²) >= 11 is 0. The average Bonchev–Trinajstić information content (AvgIpc) is 2.52. The van der Waals surface area contributed by atoms with Crippen LogP contribution in [0.5, 0.6) is 0 Å². The van der Waals surface area contributed by atoms with Crippen molar-refractivity contribution in [1.29, 1.82) is 17.2 Å². The Morgan fingerprint density at radius 2 is 0.895 bits per heavy atom. The zero-order valence-corrected chi connectivity index (χ0v) is 10.5. The van der Waals surface area contributed by atoms with Crippen LogP contribution in [0.4, 0.5) is 0 Å². The molecule has 0 aromatic heterocycles. The van der Waals surface area contributed by atoms with E-state index in [2.05, 4.69) is 11.0 Å². The molecule has 0 fully saturated rings. The summed E-state index contributed by atoms with van der Waals surface area (Å²) in [6.45, 7) is 0. The molecule has 16 nitrogen and oxygen atoms in total. The normalized spacial score (nSPS) is 19.2. The minimum atomic E-state index is -5.17. The van der Waals surface area contributed by atoms with E-state index in [1.54, 1.807) is 0 Å². The maximum atomic E-state index is 8.52. The van der Waals surface area contributed by atoms with Gasteiger partial charge >= 0.3 is 39.8 Å². The van der Waals surface area contributed by atoms with Gasteiger partial charge in [-0.1, -0.05) is 0 Å². The van der Waals surface area contributed by atoms with E-state index < -0.39 is 33.0 Å². The molecule has 0 saturated heterocycles. The van der Waals surface area contributed by atoms with Crippen molar-refractivity contribution in [2.45, 2.75) is 0 Å². The first-order chi connectivity index (χ1) is 16.5. The van der Waals surface area contributed by atoms with Gasteiger partial charge in [0.2, 0.25) is 5.72 Å². The van der Waals surface area contributed by atoms with Crippen LogP contribution in [0.3, 0.4) is 0 Å².